The monoisotopic (exact) mass is 472 g/mol. The molecule has 5 aromatic rings. The third-order valence-electron chi connectivity index (χ3n) is 6.79. The molecule has 34 heavy (non-hydrogen) atoms. The molecule has 8 heteroatoms. The molecular weight excluding hydrogens is 448 g/mol. The maximum Gasteiger partial charge on any atom is 0.269 e. The fraction of sp³-hybridized carbons (Fsp3) is 0.231. The zero-order valence-corrected chi connectivity index (χ0v) is 19.7. The van der Waals surface area contributed by atoms with Crippen LogP contribution in [0.3, 0.4) is 0 Å². The van der Waals surface area contributed by atoms with Gasteiger partial charge in [0, 0.05) is 42.0 Å². The topological polar surface area (TPSA) is 90.0 Å². The Morgan fingerprint density at radius 1 is 1.00 bits per heavy atom. The molecule has 0 radical (unpaired) electrons. The Hall–Kier alpha value is -3.49. The van der Waals surface area contributed by atoms with Crippen molar-refractivity contribution in [3.8, 4) is 11.1 Å². The van der Waals surface area contributed by atoms with Gasteiger partial charge in [-0.1, -0.05) is 29.8 Å². The minimum absolute atomic E-state index is 0.0846. The summed E-state index contributed by atoms with van der Waals surface area (Å²) in [6.45, 7) is 1.93. The predicted octanol–water partition coefficient (Wildman–Crippen LogP) is 4.37. The van der Waals surface area contributed by atoms with Crippen LogP contribution >= 0.6 is 0 Å². The molecule has 0 spiro atoms. The third kappa shape index (κ3) is 3.25. The minimum Gasteiger partial charge on any atom is -0.393 e. The van der Waals surface area contributed by atoms with Gasteiger partial charge < -0.3 is 5.11 Å². The number of benzene rings is 2. The lowest BCUT2D eigenvalue weighted by atomic mass is 9.77. The first-order chi connectivity index (χ1) is 16.3. The molecule has 0 saturated heterocycles. The molecule has 1 aliphatic carbocycles. The maximum atomic E-state index is 13.7. The van der Waals surface area contributed by atoms with E-state index < -0.39 is 10.0 Å². The summed E-state index contributed by atoms with van der Waals surface area (Å²) in [6.07, 6.45) is 8.08. The molecular formula is C26H24N4O3S. The van der Waals surface area contributed by atoms with Crippen LogP contribution in [0.5, 0.6) is 0 Å². The fourth-order valence-electron chi connectivity index (χ4n) is 4.81. The van der Waals surface area contributed by atoms with Gasteiger partial charge in [-0.25, -0.2) is 17.4 Å². The van der Waals surface area contributed by atoms with Gasteiger partial charge in [0.2, 0.25) is 0 Å². The second-order valence-electron chi connectivity index (χ2n) is 9.18. The summed E-state index contributed by atoms with van der Waals surface area (Å²) in [4.78, 5) is 4.83. The molecule has 3 heterocycles. The van der Waals surface area contributed by atoms with Crippen molar-refractivity contribution in [2.75, 3.05) is 0 Å². The fourth-order valence-corrected chi connectivity index (χ4v) is 6.14. The summed E-state index contributed by atoms with van der Waals surface area (Å²) < 4.78 is 30.4. The number of rotatable bonds is 4. The van der Waals surface area contributed by atoms with Gasteiger partial charge in [0.15, 0.2) is 5.65 Å². The first kappa shape index (κ1) is 21.1. The molecule has 1 fully saturated rings. The van der Waals surface area contributed by atoms with Crippen LogP contribution in [-0.4, -0.2) is 38.4 Å². The Balaban J connectivity index is 1.63. The van der Waals surface area contributed by atoms with E-state index in [0.717, 1.165) is 38.4 Å². The summed E-state index contributed by atoms with van der Waals surface area (Å²) in [5, 5.41) is 17.0. The summed E-state index contributed by atoms with van der Waals surface area (Å²) in [7, 11) is -1.96. The summed E-state index contributed by atoms with van der Waals surface area (Å²) in [5.74, 6) is 0.0846. The number of fused-ring (bicyclic) bond motifs is 3. The number of pyridine rings is 1. The van der Waals surface area contributed by atoms with Gasteiger partial charge in [0.1, 0.15) is 0 Å². The smallest absolute Gasteiger partial charge is 0.269 e. The standard InChI is InChI=1S/C26H24N4O3S/c1-16-3-7-22(8-4-16)34(32,33)30-15-24(19-9-21(31)10-19)25-23-11-17(20-13-28-29(2)14-20)5-6-18(23)12-27-26(25)30/h3-8,11-15,19,21,31H,9-10H2,1-2H3. The highest BCUT2D eigenvalue weighted by Crippen LogP contribution is 2.43. The molecule has 0 aliphatic heterocycles. The zero-order valence-electron chi connectivity index (χ0n) is 18.9. The Kier molecular flexibility index (Phi) is 4.65. The number of hydrogen-bond donors (Lipinski definition) is 1. The third-order valence-corrected chi connectivity index (χ3v) is 8.46. The van der Waals surface area contributed by atoms with Crippen molar-refractivity contribution in [3.63, 3.8) is 0 Å². The van der Waals surface area contributed by atoms with Crippen molar-refractivity contribution in [3.05, 3.63) is 78.4 Å². The SMILES string of the molecule is Cc1ccc(S(=O)(=O)n2cc(C3CC(O)C3)c3c4cc(-c5cnn(C)c5)ccc4cnc32)cc1. The van der Waals surface area contributed by atoms with E-state index in [1.165, 1.54) is 3.97 Å². The van der Waals surface area contributed by atoms with Crippen LogP contribution < -0.4 is 0 Å². The van der Waals surface area contributed by atoms with Crippen LogP contribution in [0.4, 0.5) is 0 Å². The molecule has 6 rings (SSSR count). The van der Waals surface area contributed by atoms with Gasteiger partial charge in [0.05, 0.1) is 17.2 Å². The molecule has 0 amide bonds. The molecule has 2 aromatic carbocycles. The Morgan fingerprint density at radius 3 is 2.44 bits per heavy atom. The normalized spacial score (nSPS) is 18.4. The molecule has 3 aromatic heterocycles. The van der Waals surface area contributed by atoms with Crippen LogP contribution in [0, 0.1) is 6.92 Å². The lowest BCUT2D eigenvalue weighted by molar-refractivity contribution is 0.0751. The highest BCUT2D eigenvalue weighted by atomic mass is 32.2. The quantitative estimate of drug-likeness (QED) is 0.419. The predicted molar refractivity (Wildman–Crippen MR) is 131 cm³/mol. The molecule has 1 saturated carbocycles. The van der Waals surface area contributed by atoms with E-state index in [2.05, 4.69) is 16.1 Å². The zero-order chi connectivity index (χ0) is 23.6. The van der Waals surface area contributed by atoms with Crippen LogP contribution in [0.1, 0.15) is 29.9 Å². The van der Waals surface area contributed by atoms with Crippen molar-refractivity contribution in [2.45, 2.75) is 36.7 Å². The number of aliphatic hydroxyl groups excluding tert-OH is 1. The van der Waals surface area contributed by atoms with Crippen molar-refractivity contribution >= 4 is 31.8 Å². The van der Waals surface area contributed by atoms with Crippen LogP contribution in [0.15, 0.2) is 72.1 Å². The minimum atomic E-state index is -3.84. The van der Waals surface area contributed by atoms with E-state index in [1.807, 2.05) is 38.5 Å². The van der Waals surface area contributed by atoms with Crippen LogP contribution in [-0.2, 0) is 17.1 Å². The van der Waals surface area contributed by atoms with E-state index in [1.54, 1.807) is 41.3 Å². The van der Waals surface area contributed by atoms with E-state index in [9.17, 15) is 13.5 Å². The number of aliphatic hydroxyl groups is 1. The lowest BCUT2D eigenvalue weighted by Crippen LogP contribution is -2.26. The molecule has 7 nitrogen and oxygen atoms in total. The van der Waals surface area contributed by atoms with Gasteiger partial charge >= 0.3 is 0 Å². The number of nitrogens with zero attached hydrogens (tertiary/aromatic N) is 4. The Morgan fingerprint density at radius 2 is 1.76 bits per heavy atom. The molecule has 1 N–H and O–H groups in total. The van der Waals surface area contributed by atoms with E-state index in [-0.39, 0.29) is 16.9 Å². The van der Waals surface area contributed by atoms with Crippen molar-refractivity contribution < 1.29 is 13.5 Å². The maximum absolute atomic E-state index is 13.7. The summed E-state index contributed by atoms with van der Waals surface area (Å²) in [6, 6.07) is 13.0. The van der Waals surface area contributed by atoms with Crippen LogP contribution in [0.2, 0.25) is 0 Å². The summed E-state index contributed by atoms with van der Waals surface area (Å²) in [5.41, 5.74) is 4.31. The van der Waals surface area contributed by atoms with Crippen molar-refractivity contribution in [1.29, 1.82) is 0 Å². The largest absolute Gasteiger partial charge is 0.393 e. The Bertz CT molecular complexity index is 1660. The van der Waals surface area contributed by atoms with Gasteiger partial charge in [-0.05, 0) is 60.4 Å². The van der Waals surface area contributed by atoms with Crippen molar-refractivity contribution in [1.82, 2.24) is 18.7 Å². The van der Waals surface area contributed by atoms with Gasteiger partial charge in [-0.2, -0.15) is 5.10 Å². The first-order valence-corrected chi connectivity index (χ1v) is 12.7. The highest BCUT2D eigenvalue weighted by Gasteiger charge is 2.33. The molecule has 0 atom stereocenters. The van der Waals surface area contributed by atoms with Gasteiger partial charge in [-0.3, -0.25) is 4.68 Å². The Labute approximate surface area is 197 Å². The highest BCUT2D eigenvalue weighted by molar-refractivity contribution is 7.90. The van der Waals surface area contributed by atoms with Crippen LogP contribution in [0.25, 0.3) is 32.9 Å². The molecule has 0 unspecified atom stereocenters. The van der Waals surface area contributed by atoms with Gasteiger partial charge in [0.25, 0.3) is 10.0 Å². The number of hydrogen-bond acceptors (Lipinski definition) is 5. The van der Waals surface area contributed by atoms with E-state index in [4.69, 9.17) is 0 Å². The summed E-state index contributed by atoms with van der Waals surface area (Å²) >= 11 is 0. The molecule has 1 aliphatic rings. The second kappa shape index (κ2) is 7.51. The molecule has 0 bridgehead atoms. The van der Waals surface area contributed by atoms with E-state index >= 15 is 0 Å². The number of aryl methyl sites for hydroxylation is 2. The second-order valence-corrected chi connectivity index (χ2v) is 11.0. The molecule has 172 valence electrons. The average molecular weight is 473 g/mol. The van der Waals surface area contributed by atoms with Crippen molar-refractivity contribution in [2.24, 2.45) is 7.05 Å². The van der Waals surface area contributed by atoms with E-state index in [0.29, 0.717) is 18.5 Å². The number of aromatic nitrogens is 4. The average Bonchev–Trinajstić information content (AvgIpc) is 3.41. The lowest BCUT2D eigenvalue weighted by Gasteiger charge is -2.31. The first-order valence-electron chi connectivity index (χ1n) is 11.2. The van der Waals surface area contributed by atoms with Gasteiger partial charge in [-0.15, -0.1) is 0 Å².